The maximum atomic E-state index is 12.3. The SMILES string of the molecule is CC(C)(CNC(=O)c1cc(N)ccc1Br)c1ccccc1. The van der Waals surface area contributed by atoms with Gasteiger partial charge in [0.15, 0.2) is 0 Å². The molecular weight excluding hydrogens is 328 g/mol. The molecule has 4 heteroatoms. The van der Waals surface area contributed by atoms with Gasteiger partial charge in [0.05, 0.1) is 5.56 Å². The maximum Gasteiger partial charge on any atom is 0.252 e. The van der Waals surface area contributed by atoms with E-state index in [0.717, 1.165) is 4.47 Å². The van der Waals surface area contributed by atoms with E-state index < -0.39 is 0 Å². The number of amides is 1. The summed E-state index contributed by atoms with van der Waals surface area (Å²) in [7, 11) is 0. The zero-order valence-corrected chi connectivity index (χ0v) is 13.8. The first kappa shape index (κ1) is 15.6. The monoisotopic (exact) mass is 346 g/mol. The van der Waals surface area contributed by atoms with Crippen molar-refractivity contribution in [1.29, 1.82) is 0 Å². The molecular formula is C17H19BrN2O. The molecule has 110 valence electrons. The third-order valence-corrected chi connectivity index (χ3v) is 4.17. The van der Waals surface area contributed by atoms with Crippen molar-refractivity contribution in [3.8, 4) is 0 Å². The molecule has 2 aromatic carbocycles. The van der Waals surface area contributed by atoms with Crippen molar-refractivity contribution in [2.24, 2.45) is 0 Å². The molecule has 0 atom stereocenters. The van der Waals surface area contributed by atoms with Crippen LogP contribution in [0, 0.1) is 0 Å². The van der Waals surface area contributed by atoms with E-state index in [-0.39, 0.29) is 11.3 Å². The van der Waals surface area contributed by atoms with Gasteiger partial charge in [-0.25, -0.2) is 0 Å². The van der Waals surface area contributed by atoms with Gasteiger partial charge in [0.25, 0.3) is 5.91 Å². The number of carbonyl (C=O) groups is 1. The highest BCUT2D eigenvalue weighted by Crippen LogP contribution is 2.23. The molecule has 0 bridgehead atoms. The van der Waals surface area contributed by atoms with Gasteiger partial charge in [0.2, 0.25) is 0 Å². The molecule has 3 nitrogen and oxygen atoms in total. The quantitative estimate of drug-likeness (QED) is 0.828. The number of rotatable bonds is 4. The smallest absolute Gasteiger partial charge is 0.252 e. The van der Waals surface area contributed by atoms with Gasteiger partial charge >= 0.3 is 0 Å². The molecule has 0 spiro atoms. The van der Waals surface area contributed by atoms with Crippen LogP contribution in [0.4, 0.5) is 5.69 Å². The summed E-state index contributed by atoms with van der Waals surface area (Å²) in [5.41, 5.74) is 7.92. The fourth-order valence-electron chi connectivity index (χ4n) is 2.10. The topological polar surface area (TPSA) is 55.1 Å². The van der Waals surface area contributed by atoms with Crippen LogP contribution in [-0.2, 0) is 5.41 Å². The van der Waals surface area contributed by atoms with E-state index in [1.54, 1.807) is 18.2 Å². The molecule has 0 saturated heterocycles. The summed E-state index contributed by atoms with van der Waals surface area (Å²) in [6, 6.07) is 15.4. The van der Waals surface area contributed by atoms with E-state index in [0.29, 0.717) is 17.8 Å². The van der Waals surface area contributed by atoms with Gasteiger partial charge in [-0.3, -0.25) is 4.79 Å². The summed E-state index contributed by atoms with van der Waals surface area (Å²) >= 11 is 3.38. The van der Waals surface area contributed by atoms with Crippen LogP contribution < -0.4 is 11.1 Å². The van der Waals surface area contributed by atoms with Crippen molar-refractivity contribution in [3.63, 3.8) is 0 Å². The fourth-order valence-corrected chi connectivity index (χ4v) is 2.53. The molecule has 1 amide bonds. The lowest BCUT2D eigenvalue weighted by molar-refractivity contribution is 0.0945. The normalized spacial score (nSPS) is 11.2. The van der Waals surface area contributed by atoms with E-state index >= 15 is 0 Å². The molecule has 0 fully saturated rings. The van der Waals surface area contributed by atoms with E-state index in [9.17, 15) is 4.79 Å². The Morgan fingerprint density at radius 2 is 1.86 bits per heavy atom. The van der Waals surface area contributed by atoms with Crippen LogP contribution in [0.1, 0.15) is 29.8 Å². The van der Waals surface area contributed by atoms with Crippen LogP contribution >= 0.6 is 15.9 Å². The zero-order chi connectivity index (χ0) is 15.5. The highest BCUT2D eigenvalue weighted by atomic mass is 79.9. The van der Waals surface area contributed by atoms with Gasteiger partial charge in [0, 0.05) is 22.1 Å². The lowest BCUT2D eigenvalue weighted by Gasteiger charge is -2.25. The molecule has 0 aliphatic carbocycles. The maximum absolute atomic E-state index is 12.3. The van der Waals surface area contributed by atoms with Gasteiger partial charge in [0.1, 0.15) is 0 Å². The largest absolute Gasteiger partial charge is 0.399 e. The van der Waals surface area contributed by atoms with Crippen molar-refractivity contribution >= 4 is 27.5 Å². The first-order valence-electron chi connectivity index (χ1n) is 6.79. The summed E-state index contributed by atoms with van der Waals surface area (Å²) in [6.45, 7) is 4.77. The fraction of sp³-hybridized carbons (Fsp3) is 0.235. The zero-order valence-electron chi connectivity index (χ0n) is 12.2. The minimum Gasteiger partial charge on any atom is -0.399 e. The van der Waals surface area contributed by atoms with Crippen molar-refractivity contribution in [2.75, 3.05) is 12.3 Å². The molecule has 21 heavy (non-hydrogen) atoms. The van der Waals surface area contributed by atoms with Crippen LogP contribution in [0.2, 0.25) is 0 Å². The number of nitrogens with one attached hydrogen (secondary N) is 1. The minimum atomic E-state index is -0.135. The Morgan fingerprint density at radius 3 is 2.52 bits per heavy atom. The lowest BCUT2D eigenvalue weighted by atomic mass is 9.84. The Bertz CT molecular complexity index is 638. The second-order valence-electron chi connectivity index (χ2n) is 5.67. The van der Waals surface area contributed by atoms with Crippen LogP contribution in [0.25, 0.3) is 0 Å². The van der Waals surface area contributed by atoms with Gasteiger partial charge in [-0.1, -0.05) is 44.2 Å². The van der Waals surface area contributed by atoms with Gasteiger partial charge in [-0.05, 0) is 39.7 Å². The Kier molecular flexibility index (Phi) is 4.68. The predicted octanol–water partition coefficient (Wildman–Crippen LogP) is 3.74. The molecule has 0 aliphatic rings. The minimum absolute atomic E-state index is 0.127. The van der Waals surface area contributed by atoms with Crippen LogP contribution in [-0.4, -0.2) is 12.5 Å². The van der Waals surface area contributed by atoms with Gasteiger partial charge < -0.3 is 11.1 Å². The predicted molar refractivity (Wildman–Crippen MR) is 90.4 cm³/mol. The van der Waals surface area contributed by atoms with Crippen LogP contribution in [0.3, 0.4) is 0 Å². The van der Waals surface area contributed by atoms with Crippen molar-refractivity contribution < 1.29 is 4.79 Å². The number of hydrogen-bond donors (Lipinski definition) is 2. The Hall–Kier alpha value is -1.81. The number of hydrogen-bond acceptors (Lipinski definition) is 2. The molecule has 0 radical (unpaired) electrons. The molecule has 0 unspecified atom stereocenters. The highest BCUT2D eigenvalue weighted by molar-refractivity contribution is 9.10. The van der Waals surface area contributed by atoms with Gasteiger partial charge in [-0.2, -0.15) is 0 Å². The summed E-state index contributed by atoms with van der Waals surface area (Å²) < 4.78 is 0.742. The van der Waals surface area contributed by atoms with Crippen molar-refractivity contribution in [1.82, 2.24) is 5.32 Å². The van der Waals surface area contributed by atoms with E-state index in [1.165, 1.54) is 5.56 Å². The summed E-state index contributed by atoms with van der Waals surface area (Å²) in [4.78, 5) is 12.3. The number of nitrogens with two attached hydrogens (primary N) is 1. The molecule has 0 aromatic heterocycles. The Balaban J connectivity index is 2.09. The molecule has 0 saturated carbocycles. The average molecular weight is 347 g/mol. The second-order valence-corrected chi connectivity index (χ2v) is 6.53. The summed E-state index contributed by atoms with van der Waals surface area (Å²) in [5.74, 6) is -0.127. The number of carbonyl (C=O) groups excluding carboxylic acids is 1. The molecule has 3 N–H and O–H groups in total. The number of halogens is 1. The third kappa shape index (κ3) is 3.85. The number of benzene rings is 2. The standard InChI is InChI=1S/C17H19BrN2O/c1-17(2,12-6-4-3-5-7-12)11-20-16(21)14-10-13(19)8-9-15(14)18/h3-10H,11,19H2,1-2H3,(H,20,21). The van der Waals surface area contributed by atoms with E-state index in [1.807, 2.05) is 18.2 Å². The lowest BCUT2D eigenvalue weighted by Crippen LogP contribution is -2.36. The highest BCUT2D eigenvalue weighted by Gasteiger charge is 2.22. The van der Waals surface area contributed by atoms with Gasteiger partial charge in [-0.15, -0.1) is 0 Å². The van der Waals surface area contributed by atoms with Crippen molar-refractivity contribution in [3.05, 3.63) is 64.1 Å². The first-order chi connectivity index (χ1) is 9.90. The Morgan fingerprint density at radius 1 is 1.19 bits per heavy atom. The molecule has 2 aromatic rings. The summed E-state index contributed by atoms with van der Waals surface area (Å²) in [5, 5.41) is 2.98. The number of nitrogen functional groups attached to an aromatic ring is 1. The van der Waals surface area contributed by atoms with Crippen LogP contribution in [0.5, 0.6) is 0 Å². The molecule has 0 heterocycles. The molecule has 0 aliphatic heterocycles. The van der Waals surface area contributed by atoms with E-state index in [2.05, 4.69) is 47.2 Å². The van der Waals surface area contributed by atoms with Crippen molar-refractivity contribution in [2.45, 2.75) is 19.3 Å². The summed E-state index contributed by atoms with van der Waals surface area (Å²) in [6.07, 6.45) is 0. The third-order valence-electron chi connectivity index (χ3n) is 3.48. The second kappa shape index (κ2) is 6.31. The average Bonchev–Trinajstić information content (AvgIpc) is 2.48. The van der Waals surface area contributed by atoms with Crippen LogP contribution in [0.15, 0.2) is 53.0 Å². The number of anilines is 1. The molecule has 2 rings (SSSR count). The Labute approximate surface area is 133 Å². The van der Waals surface area contributed by atoms with E-state index in [4.69, 9.17) is 5.73 Å². The first-order valence-corrected chi connectivity index (χ1v) is 7.58.